The van der Waals surface area contributed by atoms with E-state index in [2.05, 4.69) is 4.72 Å². The highest BCUT2D eigenvalue weighted by Gasteiger charge is 2.23. The maximum absolute atomic E-state index is 13.6. The molecule has 0 aliphatic carbocycles. The lowest BCUT2D eigenvalue weighted by atomic mass is 10.3. The predicted molar refractivity (Wildman–Crippen MR) is 92.5 cm³/mol. The SMILES string of the molecule is O=C(c1cccs1)c1ccc(CNS(=O)(=O)c2c(F)cccc2F)s1. The van der Waals surface area contributed by atoms with E-state index in [4.69, 9.17) is 0 Å². The van der Waals surface area contributed by atoms with Crippen molar-refractivity contribution in [3.63, 3.8) is 0 Å². The zero-order valence-corrected chi connectivity index (χ0v) is 15.0. The fourth-order valence-electron chi connectivity index (χ4n) is 2.10. The van der Waals surface area contributed by atoms with Gasteiger partial charge in [0.25, 0.3) is 0 Å². The van der Waals surface area contributed by atoms with Gasteiger partial charge in [0.2, 0.25) is 15.8 Å². The van der Waals surface area contributed by atoms with E-state index in [0.717, 1.165) is 29.5 Å². The molecule has 0 spiro atoms. The quantitative estimate of drug-likeness (QED) is 0.642. The van der Waals surface area contributed by atoms with Gasteiger partial charge >= 0.3 is 0 Å². The summed E-state index contributed by atoms with van der Waals surface area (Å²) in [5, 5.41) is 1.79. The Morgan fingerprint density at radius 1 is 1.00 bits per heavy atom. The van der Waals surface area contributed by atoms with Crippen molar-refractivity contribution in [2.45, 2.75) is 11.4 Å². The van der Waals surface area contributed by atoms with Crippen LogP contribution in [0, 0.1) is 11.6 Å². The van der Waals surface area contributed by atoms with E-state index in [9.17, 15) is 22.0 Å². The second-order valence-corrected chi connectivity index (χ2v) is 8.77. The van der Waals surface area contributed by atoms with Crippen LogP contribution in [0.15, 0.2) is 52.7 Å². The maximum Gasteiger partial charge on any atom is 0.246 e. The molecule has 0 atom stereocenters. The fraction of sp³-hybridized carbons (Fsp3) is 0.0625. The largest absolute Gasteiger partial charge is 0.287 e. The smallest absolute Gasteiger partial charge is 0.246 e. The minimum atomic E-state index is -4.35. The normalized spacial score (nSPS) is 11.6. The third kappa shape index (κ3) is 3.84. The van der Waals surface area contributed by atoms with Gasteiger partial charge in [-0.2, -0.15) is 0 Å². The van der Waals surface area contributed by atoms with E-state index in [1.807, 2.05) is 0 Å². The van der Waals surface area contributed by atoms with E-state index in [-0.39, 0.29) is 12.3 Å². The molecule has 130 valence electrons. The lowest BCUT2D eigenvalue weighted by Crippen LogP contribution is -2.24. The Morgan fingerprint density at radius 3 is 2.36 bits per heavy atom. The standard InChI is InChI=1S/C16H11F2NO3S3/c17-11-3-1-4-12(18)16(11)25(21,22)19-9-10-6-7-14(24-10)15(20)13-5-2-8-23-13/h1-8,19H,9H2. The fourth-order valence-corrected chi connectivity index (χ4v) is 4.98. The van der Waals surface area contributed by atoms with E-state index in [1.165, 1.54) is 11.3 Å². The molecule has 25 heavy (non-hydrogen) atoms. The van der Waals surface area contributed by atoms with Gasteiger partial charge in [0.05, 0.1) is 9.75 Å². The molecule has 0 bridgehead atoms. The van der Waals surface area contributed by atoms with Crippen molar-refractivity contribution < 1.29 is 22.0 Å². The number of thiophene rings is 2. The van der Waals surface area contributed by atoms with E-state index >= 15 is 0 Å². The summed E-state index contributed by atoms with van der Waals surface area (Å²) in [6.45, 7) is -0.168. The monoisotopic (exact) mass is 399 g/mol. The molecule has 3 rings (SSSR count). The Labute approximate surface area is 150 Å². The van der Waals surface area contributed by atoms with Gasteiger partial charge in [0.15, 0.2) is 4.90 Å². The third-order valence-electron chi connectivity index (χ3n) is 3.25. The van der Waals surface area contributed by atoms with Crippen LogP contribution in [0.25, 0.3) is 0 Å². The molecule has 1 N–H and O–H groups in total. The molecule has 1 aromatic carbocycles. The van der Waals surface area contributed by atoms with Gasteiger partial charge in [-0.05, 0) is 35.7 Å². The number of nitrogens with one attached hydrogen (secondary N) is 1. The molecule has 0 radical (unpaired) electrons. The molecular formula is C16H11F2NO3S3. The molecule has 9 heteroatoms. The van der Waals surface area contributed by atoms with Gasteiger partial charge in [-0.25, -0.2) is 21.9 Å². The molecule has 0 unspecified atom stereocenters. The first-order chi connectivity index (χ1) is 11.9. The van der Waals surface area contributed by atoms with Crippen molar-refractivity contribution in [2.24, 2.45) is 0 Å². The first kappa shape index (κ1) is 17.9. The Balaban J connectivity index is 1.75. The highest BCUT2D eigenvalue weighted by atomic mass is 32.2. The van der Waals surface area contributed by atoms with Gasteiger partial charge in [-0.15, -0.1) is 22.7 Å². The maximum atomic E-state index is 13.6. The molecule has 0 amide bonds. The van der Waals surface area contributed by atoms with Crippen LogP contribution in [0.5, 0.6) is 0 Å². The van der Waals surface area contributed by atoms with Gasteiger partial charge < -0.3 is 0 Å². The average Bonchev–Trinajstić information content (AvgIpc) is 3.24. The number of sulfonamides is 1. The molecule has 2 aromatic heterocycles. The van der Waals surface area contributed by atoms with Crippen molar-refractivity contribution in [1.29, 1.82) is 0 Å². The lowest BCUT2D eigenvalue weighted by Gasteiger charge is -2.07. The van der Waals surface area contributed by atoms with Gasteiger partial charge in [0, 0.05) is 11.4 Å². The summed E-state index contributed by atoms with van der Waals surface area (Å²) in [4.78, 5) is 12.8. The van der Waals surface area contributed by atoms with Crippen LogP contribution in [-0.2, 0) is 16.6 Å². The van der Waals surface area contributed by atoms with Gasteiger partial charge in [-0.3, -0.25) is 4.79 Å². The molecule has 2 heterocycles. The first-order valence-electron chi connectivity index (χ1n) is 6.99. The Morgan fingerprint density at radius 2 is 1.72 bits per heavy atom. The van der Waals surface area contributed by atoms with Crippen molar-refractivity contribution in [3.8, 4) is 0 Å². The zero-order chi connectivity index (χ0) is 18.0. The van der Waals surface area contributed by atoms with Crippen LogP contribution in [0.1, 0.15) is 19.4 Å². The predicted octanol–water partition coefficient (Wildman–Crippen LogP) is 3.80. The summed E-state index contributed by atoms with van der Waals surface area (Å²) in [7, 11) is -4.35. The van der Waals surface area contributed by atoms with E-state index < -0.39 is 26.6 Å². The van der Waals surface area contributed by atoms with Crippen molar-refractivity contribution in [1.82, 2.24) is 4.72 Å². The van der Waals surface area contributed by atoms with E-state index in [0.29, 0.717) is 14.6 Å². The number of carbonyl (C=O) groups excluding carboxylic acids is 1. The summed E-state index contributed by atoms with van der Waals surface area (Å²) in [5.41, 5.74) is 0. The number of rotatable bonds is 6. The van der Waals surface area contributed by atoms with Gasteiger partial charge in [0.1, 0.15) is 11.6 Å². The van der Waals surface area contributed by atoms with Gasteiger partial charge in [-0.1, -0.05) is 12.1 Å². The second-order valence-electron chi connectivity index (χ2n) is 4.95. The molecular weight excluding hydrogens is 388 g/mol. The number of halogens is 2. The Bertz CT molecular complexity index is 991. The minimum absolute atomic E-state index is 0.144. The number of hydrogen-bond donors (Lipinski definition) is 1. The van der Waals surface area contributed by atoms with E-state index in [1.54, 1.807) is 29.6 Å². The number of benzene rings is 1. The number of carbonyl (C=O) groups is 1. The topological polar surface area (TPSA) is 63.2 Å². The van der Waals surface area contributed by atoms with Crippen LogP contribution < -0.4 is 4.72 Å². The Kier molecular flexibility index (Phi) is 5.09. The molecule has 0 saturated heterocycles. The first-order valence-corrected chi connectivity index (χ1v) is 10.2. The van der Waals surface area contributed by atoms with Crippen molar-refractivity contribution in [3.05, 3.63) is 74.1 Å². The minimum Gasteiger partial charge on any atom is -0.287 e. The van der Waals surface area contributed by atoms with Crippen LogP contribution in [-0.4, -0.2) is 14.2 Å². The van der Waals surface area contributed by atoms with Crippen LogP contribution in [0.3, 0.4) is 0 Å². The summed E-state index contributed by atoms with van der Waals surface area (Å²) in [6, 6.07) is 9.51. The molecule has 0 fully saturated rings. The second kappa shape index (κ2) is 7.12. The Hall–Kier alpha value is -1.94. The van der Waals surface area contributed by atoms with Crippen LogP contribution >= 0.6 is 22.7 Å². The van der Waals surface area contributed by atoms with Crippen LogP contribution in [0.2, 0.25) is 0 Å². The van der Waals surface area contributed by atoms with Crippen molar-refractivity contribution >= 4 is 38.5 Å². The molecule has 3 aromatic rings. The number of hydrogen-bond acceptors (Lipinski definition) is 5. The molecule has 4 nitrogen and oxygen atoms in total. The number of ketones is 1. The zero-order valence-electron chi connectivity index (χ0n) is 12.5. The molecule has 0 aliphatic rings. The average molecular weight is 399 g/mol. The lowest BCUT2D eigenvalue weighted by molar-refractivity contribution is 0.104. The summed E-state index contributed by atoms with van der Waals surface area (Å²) in [5.74, 6) is -2.46. The summed E-state index contributed by atoms with van der Waals surface area (Å²) < 4.78 is 53.7. The molecule has 0 saturated carbocycles. The van der Waals surface area contributed by atoms with Crippen molar-refractivity contribution in [2.75, 3.05) is 0 Å². The summed E-state index contributed by atoms with van der Waals surface area (Å²) in [6.07, 6.45) is 0. The third-order valence-corrected chi connectivity index (χ3v) is 6.66. The highest BCUT2D eigenvalue weighted by Crippen LogP contribution is 2.23. The van der Waals surface area contributed by atoms with Crippen LogP contribution in [0.4, 0.5) is 8.78 Å². The molecule has 0 aliphatic heterocycles. The highest BCUT2D eigenvalue weighted by molar-refractivity contribution is 7.89. The summed E-state index contributed by atoms with van der Waals surface area (Å²) >= 11 is 2.44.